The predicted octanol–water partition coefficient (Wildman–Crippen LogP) is 2.07. The molecule has 1 aromatic heterocycles. The fourth-order valence-electron chi connectivity index (χ4n) is 3.25. The van der Waals surface area contributed by atoms with E-state index in [4.69, 9.17) is 0 Å². The van der Waals surface area contributed by atoms with Gasteiger partial charge in [-0.05, 0) is 35.9 Å². The maximum atomic E-state index is 12.6. The standard InChI is InChI=1S/C19H20N4O2/c1-13-7-17(9-20)23(11-13)18(24)12-22(2)19(25)15-3-4-16-10-21-6-5-14(16)8-15/h3-6,8,10,13,17H,7,11-12H2,1-2H3. The molecule has 6 nitrogen and oxygen atoms in total. The van der Waals surface area contributed by atoms with Gasteiger partial charge in [-0.15, -0.1) is 0 Å². The van der Waals surface area contributed by atoms with Crippen LogP contribution in [-0.4, -0.2) is 52.8 Å². The number of nitrogens with zero attached hydrogens (tertiary/aromatic N) is 4. The molecule has 2 aromatic rings. The van der Waals surface area contributed by atoms with Crippen LogP contribution in [0, 0.1) is 17.2 Å². The molecule has 0 spiro atoms. The third-order valence-corrected chi connectivity index (χ3v) is 4.59. The summed E-state index contributed by atoms with van der Waals surface area (Å²) in [4.78, 5) is 32.2. The molecule has 1 saturated heterocycles. The lowest BCUT2D eigenvalue weighted by Crippen LogP contribution is -2.43. The van der Waals surface area contributed by atoms with Gasteiger partial charge in [0.05, 0.1) is 12.6 Å². The number of likely N-dealkylation sites (tertiary alicyclic amines) is 1. The Labute approximate surface area is 146 Å². The summed E-state index contributed by atoms with van der Waals surface area (Å²) in [6, 6.07) is 9.02. The summed E-state index contributed by atoms with van der Waals surface area (Å²) in [5.41, 5.74) is 0.528. The predicted molar refractivity (Wildman–Crippen MR) is 93.6 cm³/mol. The molecule has 6 heteroatoms. The van der Waals surface area contributed by atoms with E-state index in [0.29, 0.717) is 24.4 Å². The maximum absolute atomic E-state index is 12.6. The van der Waals surface area contributed by atoms with Crippen LogP contribution in [-0.2, 0) is 4.79 Å². The summed E-state index contributed by atoms with van der Waals surface area (Å²) in [6.07, 6.45) is 4.12. The molecule has 0 saturated carbocycles. The van der Waals surface area contributed by atoms with Crippen LogP contribution in [0.4, 0.5) is 0 Å². The molecule has 2 atom stereocenters. The minimum Gasteiger partial charge on any atom is -0.332 e. The molecule has 128 valence electrons. The Balaban J connectivity index is 1.71. The highest BCUT2D eigenvalue weighted by atomic mass is 16.2. The van der Waals surface area contributed by atoms with Gasteiger partial charge in [0.25, 0.3) is 5.91 Å². The molecular formula is C19H20N4O2. The number of carbonyl (C=O) groups is 2. The van der Waals surface area contributed by atoms with Crippen LogP contribution in [0.3, 0.4) is 0 Å². The van der Waals surface area contributed by atoms with Gasteiger partial charge in [0.1, 0.15) is 6.04 Å². The zero-order valence-corrected chi connectivity index (χ0v) is 14.3. The summed E-state index contributed by atoms with van der Waals surface area (Å²) < 4.78 is 0. The number of hydrogen-bond donors (Lipinski definition) is 0. The van der Waals surface area contributed by atoms with E-state index in [2.05, 4.69) is 11.1 Å². The summed E-state index contributed by atoms with van der Waals surface area (Å²) in [6.45, 7) is 2.57. The van der Waals surface area contributed by atoms with E-state index in [0.717, 1.165) is 10.8 Å². The van der Waals surface area contributed by atoms with Crippen LogP contribution in [0.2, 0.25) is 0 Å². The Morgan fingerprint density at radius 2 is 2.16 bits per heavy atom. The second-order valence-corrected chi connectivity index (χ2v) is 6.63. The van der Waals surface area contributed by atoms with Crippen LogP contribution >= 0.6 is 0 Å². The highest BCUT2D eigenvalue weighted by molar-refractivity contribution is 5.99. The lowest BCUT2D eigenvalue weighted by atomic mass is 10.1. The maximum Gasteiger partial charge on any atom is 0.254 e. The third kappa shape index (κ3) is 3.45. The van der Waals surface area contributed by atoms with Gasteiger partial charge in [-0.25, -0.2) is 0 Å². The number of benzene rings is 1. The minimum absolute atomic E-state index is 0.0296. The van der Waals surface area contributed by atoms with E-state index in [1.54, 1.807) is 36.5 Å². The number of amides is 2. The van der Waals surface area contributed by atoms with Crippen molar-refractivity contribution < 1.29 is 9.59 Å². The monoisotopic (exact) mass is 336 g/mol. The van der Waals surface area contributed by atoms with Crippen LogP contribution in [0.5, 0.6) is 0 Å². The van der Waals surface area contributed by atoms with Crippen LogP contribution in [0.1, 0.15) is 23.7 Å². The summed E-state index contributed by atoms with van der Waals surface area (Å²) >= 11 is 0. The van der Waals surface area contributed by atoms with Crippen molar-refractivity contribution in [2.75, 3.05) is 20.1 Å². The smallest absolute Gasteiger partial charge is 0.254 e. The molecule has 0 radical (unpaired) electrons. The third-order valence-electron chi connectivity index (χ3n) is 4.59. The van der Waals surface area contributed by atoms with Crippen molar-refractivity contribution in [1.82, 2.24) is 14.8 Å². The van der Waals surface area contributed by atoms with Crippen LogP contribution < -0.4 is 0 Å². The molecule has 1 aliphatic rings. The van der Waals surface area contributed by atoms with E-state index >= 15 is 0 Å². The number of rotatable bonds is 3. The van der Waals surface area contributed by atoms with Gasteiger partial charge < -0.3 is 9.80 Å². The Kier molecular flexibility index (Phi) is 4.66. The van der Waals surface area contributed by atoms with E-state index < -0.39 is 0 Å². The van der Waals surface area contributed by atoms with E-state index in [9.17, 15) is 14.9 Å². The van der Waals surface area contributed by atoms with Gasteiger partial charge in [0.15, 0.2) is 0 Å². The first-order valence-corrected chi connectivity index (χ1v) is 8.28. The van der Waals surface area contributed by atoms with E-state index in [1.165, 1.54) is 4.90 Å². The molecule has 0 aliphatic carbocycles. The number of likely N-dealkylation sites (N-methyl/N-ethyl adjacent to an activating group) is 1. The molecule has 1 aromatic carbocycles. The number of fused-ring (bicyclic) bond motifs is 1. The molecule has 2 amide bonds. The molecule has 2 unspecified atom stereocenters. The summed E-state index contributed by atoms with van der Waals surface area (Å²) in [5.74, 6) is -0.0896. The Morgan fingerprint density at radius 1 is 1.36 bits per heavy atom. The van der Waals surface area contributed by atoms with Gasteiger partial charge >= 0.3 is 0 Å². The van der Waals surface area contributed by atoms with Crippen LogP contribution in [0.25, 0.3) is 10.8 Å². The highest BCUT2D eigenvalue weighted by Crippen LogP contribution is 2.22. The van der Waals surface area contributed by atoms with Gasteiger partial charge in [0.2, 0.25) is 5.91 Å². The molecule has 0 bridgehead atoms. The zero-order valence-electron chi connectivity index (χ0n) is 14.3. The lowest BCUT2D eigenvalue weighted by molar-refractivity contribution is -0.131. The van der Waals surface area contributed by atoms with E-state index in [-0.39, 0.29) is 24.4 Å². The molecule has 1 fully saturated rings. The quantitative estimate of drug-likeness (QED) is 0.860. The second kappa shape index (κ2) is 6.89. The highest BCUT2D eigenvalue weighted by Gasteiger charge is 2.33. The van der Waals surface area contributed by atoms with Crippen molar-refractivity contribution in [3.63, 3.8) is 0 Å². The zero-order chi connectivity index (χ0) is 18.0. The summed E-state index contributed by atoms with van der Waals surface area (Å²) in [5, 5.41) is 11.1. The number of hydrogen-bond acceptors (Lipinski definition) is 4. The van der Waals surface area contributed by atoms with Crippen molar-refractivity contribution in [3.8, 4) is 6.07 Å². The van der Waals surface area contributed by atoms with Crippen molar-refractivity contribution in [3.05, 3.63) is 42.2 Å². The number of carbonyl (C=O) groups excluding carboxylic acids is 2. The average Bonchev–Trinajstić information content (AvgIpc) is 3.01. The number of nitriles is 1. The van der Waals surface area contributed by atoms with Gasteiger partial charge in [0, 0.05) is 36.9 Å². The lowest BCUT2D eigenvalue weighted by Gasteiger charge is -2.24. The second-order valence-electron chi connectivity index (χ2n) is 6.63. The normalized spacial score (nSPS) is 19.6. The topological polar surface area (TPSA) is 77.3 Å². The van der Waals surface area contributed by atoms with Gasteiger partial charge in [-0.3, -0.25) is 14.6 Å². The minimum atomic E-state index is -0.390. The molecular weight excluding hydrogens is 316 g/mol. The van der Waals surface area contributed by atoms with Crippen LogP contribution in [0.15, 0.2) is 36.7 Å². The largest absolute Gasteiger partial charge is 0.332 e. The Bertz CT molecular complexity index is 858. The van der Waals surface area contributed by atoms with Crippen molar-refractivity contribution in [1.29, 1.82) is 5.26 Å². The Hall–Kier alpha value is -2.94. The number of aromatic nitrogens is 1. The van der Waals surface area contributed by atoms with Gasteiger partial charge in [-0.1, -0.05) is 13.0 Å². The average molecular weight is 336 g/mol. The molecule has 25 heavy (non-hydrogen) atoms. The number of pyridine rings is 1. The van der Waals surface area contributed by atoms with E-state index in [1.807, 2.05) is 19.1 Å². The Morgan fingerprint density at radius 3 is 2.92 bits per heavy atom. The molecule has 0 N–H and O–H groups in total. The fraction of sp³-hybridized carbons (Fsp3) is 0.368. The molecule has 2 heterocycles. The molecule has 1 aliphatic heterocycles. The first-order valence-electron chi connectivity index (χ1n) is 8.28. The molecule has 3 rings (SSSR count). The van der Waals surface area contributed by atoms with Crippen molar-refractivity contribution in [2.24, 2.45) is 5.92 Å². The summed E-state index contributed by atoms with van der Waals surface area (Å²) in [7, 11) is 1.61. The fourth-order valence-corrected chi connectivity index (χ4v) is 3.25. The van der Waals surface area contributed by atoms with Crippen molar-refractivity contribution >= 4 is 22.6 Å². The first kappa shape index (κ1) is 16.9. The van der Waals surface area contributed by atoms with Crippen molar-refractivity contribution in [2.45, 2.75) is 19.4 Å². The SMILES string of the molecule is CC1CC(C#N)N(C(=O)CN(C)C(=O)c2ccc3cnccc3c2)C1. The van der Waals surface area contributed by atoms with Gasteiger partial charge in [-0.2, -0.15) is 5.26 Å². The first-order chi connectivity index (χ1) is 12.0.